The number of halogens is 1. The second-order valence-corrected chi connectivity index (χ2v) is 6.11. The van der Waals surface area contributed by atoms with Crippen molar-refractivity contribution < 1.29 is 18.7 Å². The normalized spacial score (nSPS) is 11.1. The summed E-state index contributed by atoms with van der Waals surface area (Å²) in [4.78, 5) is 16.5. The van der Waals surface area contributed by atoms with Gasteiger partial charge >= 0.3 is 0 Å². The molecule has 140 valence electrons. The van der Waals surface area contributed by atoms with E-state index in [1.807, 2.05) is 6.92 Å². The molecule has 0 unspecified atom stereocenters. The van der Waals surface area contributed by atoms with E-state index in [4.69, 9.17) is 25.5 Å². The molecule has 0 bridgehead atoms. The molecular weight excluding hydrogens is 368 g/mol. The van der Waals surface area contributed by atoms with Crippen LogP contribution in [0.15, 0.2) is 40.8 Å². The summed E-state index contributed by atoms with van der Waals surface area (Å²) in [5.41, 5.74) is 2.73. The zero-order valence-corrected chi connectivity index (χ0v) is 16.0. The number of carbonyl (C=O) groups is 1. The summed E-state index contributed by atoms with van der Waals surface area (Å²) in [6, 6.07) is 8.76. The molecule has 1 aromatic heterocycles. The summed E-state index contributed by atoms with van der Waals surface area (Å²) in [7, 11) is 1.53. The Morgan fingerprint density at radius 2 is 2.15 bits per heavy atom. The van der Waals surface area contributed by atoms with Crippen molar-refractivity contribution in [3.05, 3.63) is 52.9 Å². The number of nitrogens with one attached hydrogen (secondary N) is 1. The number of hydrogen-bond donors (Lipinski definition) is 1. The number of carbonyl (C=O) groups excluding carboxylic acids is 1. The molecule has 0 aliphatic rings. The van der Waals surface area contributed by atoms with Crippen LogP contribution in [0.1, 0.15) is 18.4 Å². The number of methoxy groups -OCH3 is 1. The van der Waals surface area contributed by atoms with E-state index in [2.05, 4.69) is 10.3 Å². The fourth-order valence-electron chi connectivity index (χ4n) is 2.62. The average Bonchev–Trinajstić information content (AvgIpc) is 2.99. The van der Waals surface area contributed by atoms with Crippen LogP contribution in [0.4, 0.5) is 5.69 Å². The van der Waals surface area contributed by atoms with Gasteiger partial charge in [-0.3, -0.25) is 4.79 Å². The Labute approximate surface area is 161 Å². The molecule has 1 heterocycles. The third-order valence-corrected chi connectivity index (χ3v) is 4.01. The van der Waals surface area contributed by atoms with Gasteiger partial charge in [-0.2, -0.15) is 0 Å². The standard InChI is InChI=1S/C20H19ClN2O4/c1-4-26-18-10-13(9-15(21)20(18)25-3)5-8-19(24)23-14-6-7-17-16(11-14)22-12(2)27-17/h5-11H,4H2,1-3H3,(H,23,24)/b8-5+. The Kier molecular flexibility index (Phi) is 5.66. The number of ether oxygens (including phenoxy) is 2. The molecule has 0 radical (unpaired) electrons. The largest absolute Gasteiger partial charge is 0.491 e. The van der Waals surface area contributed by atoms with E-state index in [1.165, 1.54) is 13.2 Å². The van der Waals surface area contributed by atoms with E-state index in [1.54, 1.807) is 43.3 Å². The molecule has 0 saturated carbocycles. The third kappa shape index (κ3) is 4.41. The van der Waals surface area contributed by atoms with Crippen LogP contribution in [0, 0.1) is 6.92 Å². The van der Waals surface area contributed by atoms with Gasteiger partial charge in [-0.1, -0.05) is 11.6 Å². The molecule has 1 N–H and O–H groups in total. The summed E-state index contributed by atoms with van der Waals surface area (Å²) in [6.45, 7) is 4.12. The predicted molar refractivity (Wildman–Crippen MR) is 106 cm³/mol. The van der Waals surface area contributed by atoms with E-state index in [0.29, 0.717) is 45.8 Å². The summed E-state index contributed by atoms with van der Waals surface area (Å²) in [5.74, 6) is 1.30. The second kappa shape index (κ2) is 8.14. The van der Waals surface area contributed by atoms with Crippen LogP contribution in [0.3, 0.4) is 0 Å². The highest BCUT2D eigenvalue weighted by Crippen LogP contribution is 2.36. The smallest absolute Gasteiger partial charge is 0.248 e. The maximum Gasteiger partial charge on any atom is 0.248 e. The fourth-order valence-corrected chi connectivity index (χ4v) is 2.92. The van der Waals surface area contributed by atoms with Gasteiger partial charge in [0.1, 0.15) is 5.52 Å². The molecule has 2 aromatic carbocycles. The molecule has 27 heavy (non-hydrogen) atoms. The number of benzene rings is 2. The van der Waals surface area contributed by atoms with Crippen molar-refractivity contribution in [2.24, 2.45) is 0 Å². The molecule has 6 nitrogen and oxygen atoms in total. The van der Waals surface area contributed by atoms with Crippen LogP contribution in [-0.4, -0.2) is 24.6 Å². The van der Waals surface area contributed by atoms with Gasteiger partial charge in [0.05, 0.1) is 18.7 Å². The van der Waals surface area contributed by atoms with E-state index in [9.17, 15) is 4.79 Å². The highest BCUT2D eigenvalue weighted by atomic mass is 35.5. The lowest BCUT2D eigenvalue weighted by Gasteiger charge is -2.11. The number of oxazole rings is 1. The van der Waals surface area contributed by atoms with Crippen molar-refractivity contribution in [1.82, 2.24) is 4.98 Å². The van der Waals surface area contributed by atoms with Gasteiger partial charge < -0.3 is 19.2 Å². The molecular formula is C20H19ClN2O4. The van der Waals surface area contributed by atoms with Crippen molar-refractivity contribution in [2.45, 2.75) is 13.8 Å². The third-order valence-electron chi connectivity index (χ3n) is 3.73. The first kappa shape index (κ1) is 18.8. The lowest BCUT2D eigenvalue weighted by Crippen LogP contribution is -2.07. The average molecular weight is 387 g/mol. The van der Waals surface area contributed by atoms with Crippen molar-refractivity contribution in [3.63, 3.8) is 0 Å². The molecule has 0 saturated heterocycles. The van der Waals surface area contributed by atoms with Crippen LogP contribution in [0.25, 0.3) is 17.2 Å². The molecule has 3 aromatic rings. The van der Waals surface area contributed by atoms with E-state index in [0.717, 1.165) is 5.56 Å². The number of nitrogens with zero attached hydrogens (tertiary/aromatic N) is 1. The van der Waals surface area contributed by atoms with Gasteiger partial charge in [0.2, 0.25) is 5.91 Å². The maximum absolute atomic E-state index is 12.2. The number of hydrogen-bond acceptors (Lipinski definition) is 5. The quantitative estimate of drug-likeness (QED) is 0.613. The van der Waals surface area contributed by atoms with Gasteiger partial charge in [-0.25, -0.2) is 4.98 Å². The Hall–Kier alpha value is -2.99. The maximum atomic E-state index is 12.2. The summed E-state index contributed by atoms with van der Waals surface area (Å²) in [6.07, 6.45) is 3.08. The number of aryl methyl sites for hydroxylation is 1. The molecule has 0 spiro atoms. The molecule has 0 atom stereocenters. The van der Waals surface area contributed by atoms with Crippen LogP contribution in [0.5, 0.6) is 11.5 Å². The van der Waals surface area contributed by atoms with Crippen molar-refractivity contribution in [2.75, 3.05) is 19.0 Å². The summed E-state index contributed by atoms with van der Waals surface area (Å²) < 4.78 is 16.2. The first-order valence-corrected chi connectivity index (χ1v) is 8.74. The summed E-state index contributed by atoms with van der Waals surface area (Å²) >= 11 is 6.22. The van der Waals surface area contributed by atoms with Gasteiger partial charge in [0.15, 0.2) is 23.0 Å². The Morgan fingerprint density at radius 1 is 1.33 bits per heavy atom. The van der Waals surface area contributed by atoms with Crippen molar-refractivity contribution in [3.8, 4) is 11.5 Å². The van der Waals surface area contributed by atoms with Gasteiger partial charge in [0.25, 0.3) is 0 Å². The minimum atomic E-state index is -0.278. The van der Waals surface area contributed by atoms with Gasteiger partial charge in [-0.05, 0) is 48.9 Å². The van der Waals surface area contributed by atoms with Crippen LogP contribution < -0.4 is 14.8 Å². The topological polar surface area (TPSA) is 73.6 Å². The Balaban J connectivity index is 1.75. The SMILES string of the molecule is CCOc1cc(/C=C/C(=O)Nc2ccc3oc(C)nc3c2)cc(Cl)c1OC. The van der Waals surface area contributed by atoms with Crippen LogP contribution in [-0.2, 0) is 4.79 Å². The van der Waals surface area contributed by atoms with Gasteiger partial charge in [-0.15, -0.1) is 0 Å². The second-order valence-electron chi connectivity index (χ2n) is 5.71. The van der Waals surface area contributed by atoms with E-state index < -0.39 is 0 Å². The monoisotopic (exact) mass is 386 g/mol. The number of rotatable bonds is 6. The lowest BCUT2D eigenvalue weighted by molar-refractivity contribution is -0.111. The zero-order chi connectivity index (χ0) is 19.4. The molecule has 1 amide bonds. The minimum Gasteiger partial charge on any atom is -0.491 e. The highest BCUT2D eigenvalue weighted by molar-refractivity contribution is 6.32. The van der Waals surface area contributed by atoms with Crippen molar-refractivity contribution >= 4 is 40.4 Å². The minimum absolute atomic E-state index is 0.278. The number of amides is 1. The highest BCUT2D eigenvalue weighted by Gasteiger charge is 2.11. The first-order chi connectivity index (χ1) is 13.0. The number of aromatic nitrogens is 1. The molecule has 0 aliphatic carbocycles. The Morgan fingerprint density at radius 3 is 2.89 bits per heavy atom. The molecule has 7 heteroatoms. The molecule has 3 rings (SSSR count). The van der Waals surface area contributed by atoms with E-state index in [-0.39, 0.29) is 5.91 Å². The van der Waals surface area contributed by atoms with Crippen LogP contribution in [0.2, 0.25) is 5.02 Å². The number of fused-ring (bicyclic) bond motifs is 1. The summed E-state index contributed by atoms with van der Waals surface area (Å²) in [5, 5.41) is 3.21. The zero-order valence-electron chi connectivity index (χ0n) is 15.2. The Bertz CT molecular complexity index is 1010. The molecule has 0 fully saturated rings. The van der Waals surface area contributed by atoms with Crippen LogP contribution >= 0.6 is 11.6 Å². The number of anilines is 1. The fraction of sp³-hybridized carbons (Fsp3) is 0.200. The predicted octanol–water partition coefficient (Wildman–Crippen LogP) is 4.85. The van der Waals surface area contributed by atoms with E-state index >= 15 is 0 Å². The lowest BCUT2D eigenvalue weighted by atomic mass is 10.2. The van der Waals surface area contributed by atoms with Crippen molar-refractivity contribution in [1.29, 1.82) is 0 Å². The van der Waals surface area contributed by atoms with Gasteiger partial charge in [0, 0.05) is 18.7 Å². The molecule has 0 aliphatic heterocycles. The first-order valence-electron chi connectivity index (χ1n) is 8.36.